The first kappa shape index (κ1) is 85.3. The van der Waals surface area contributed by atoms with E-state index >= 15 is 4.79 Å². The van der Waals surface area contributed by atoms with E-state index in [2.05, 4.69) is 0 Å². The van der Waals surface area contributed by atoms with Gasteiger partial charge in [0.2, 0.25) is 0 Å². The van der Waals surface area contributed by atoms with E-state index in [-0.39, 0.29) is 79.5 Å². The first-order valence-corrected chi connectivity index (χ1v) is 38.3. The summed E-state index contributed by atoms with van der Waals surface area (Å²) < 4.78 is 69.0. The van der Waals surface area contributed by atoms with E-state index < -0.39 is 171 Å². The van der Waals surface area contributed by atoms with Crippen LogP contribution in [-0.2, 0) is 101 Å². The molecule has 0 amide bonds. The van der Waals surface area contributed by atoms with Gasteiger partial charge in [0.05, 0.1) is 65.3 Å². The molecule has 0 aromatic heterocycles. The van der Waals surface area contributed by atoms with Crippen LogP contribution in [0.3, 0.4) is 0 Å². The van der Waals surface area contributed by atoms with Gasteiger partial charge in [-0.05, 0) is 104 Å². The number of ether oxygens (including phenoxy) is 12. The van der Waals surface area contributed by atoms with Crippen molar-refractivity contribution in [3.63, 3.8) is 0 Å². The molecule has 3 heterocycles. The summed E-state index contributed by atoms with van der Waals surface area (Å²) in [5.41, 5.74) is -11.4. The second kappa shape index (κ2) is 34.1. The lowest BCUT2D eigenvalue weighted by Crippen LogP contribution is -2.82. The number of hydrogen-bond acceptors (Lipinski definition) is 27. The number of benzene rings is 5. The Balaban J connectivity index is 0.000000197. The van der Waals surface area contributed by atoms with Gasteiger partial charge < -0.3 is 87.5 Å². The third kappa shape index (κ3) is 16.0. The topological polar surface area (TPSA) is 386 Å². The summed E-state index contributed by atoms with van der Waals surface area (Å²) in [5.74, 6) is -7.93. The fraction of sp³-hybridized carbons (Fsp3) is 0.506. The lowest BCUT2D eigenvalue weighted by Gasteiger charge is -2.67. The van der Waals surface area contributed by atoms with Gasteiger partial charge in [0, 0.05) is 70.5 Å². The molecule has 5 aromatic rings. The molecule has 27 nitrogen and oxygen atoms in total. The molecule has 14 rings (SSSR count). The summed E-state index contributed by atoms with van der Waals surface area (Å²) in [6.45, 7) is 17.7. The zero-order valence-corrected chi connectivity index (χ0v) is 65.8. The molecule has 3 saturated heterocycles. The van der Waals surface area contributed by atoms with Gasteiger partial charge in [-0.15, -0.1) is 0 Å². The van der Waals surface area contributed by atoms with Gasteiger partial charge in [-0.25, -0.2) is 19.2 Å². The minimum Gasteiger partial charge on any atom is -0.461 e. The molecule has 6 aliphatic carbocycles. The number of aliphatic hydroxyl groups is 6. The number of carbonyl (C=O) groups excluding carboxylic acids is 9. The Hall–Kier alpha value is -9.55. The van der Waals surface area contributed by atoms with Crippen molar-refractivity contribution in [2.45, 2.75) is 218 Å². The second-order valence-electron chi connectivity index (χ2n) is 32.2. The lowest BCUT2D eigenvalue weighted by atomic mass is 9.44. The molecule has 0 unspecified atom stereocenters. The number of Topliss-reactive ketones (excluding diaryl/α,β-unsaturated/α-hetero) is 2. The Morgan fingerprint density at radius 1 is 0.456 bits per heavy atom. The van der Waals surface area contributed by atoms with Crippen molar-refractivity contribution < 1.29 is 131 Å². The van der Waals surface area contributed by atoms with Gasteiger partial charge >= 0.3 is 42.2 Å². The number of fused-ring (bicyclic) bond motifs is 10. The molecule has 27 heteroatoms. The molecule has 6 N–H and O–H groups in total. The molecular formula is C87H102O27. The van der Waals surface area contributed by atoms with E-state index in [9.17, 15) is 69.0 Å². The van der Waals surface area contributed by atoms with Crippen LogP contribution in [0.1, 0.15) is 152 Å². The fourth-order valence-corrected chi connectivity index (χ4v) is 18.5. The minimum absolute atomic E-state index is 0.0276. The van der Waals surface area contributed by atoms with Gasteiger partial charge in [0.1, 0.15) is 67.6 Å². The number of aliphatic hydroxyl groups excluding tert-OH is 4. The first-order chi connectivity index (χ1) is 53.9. The van der Waals surface area contributed by atoms with Gasteiger partial charge in [-0.2, -0.15) is 0 Å². The van der Waals surface area contributed by atoms with E-state index in [0.29, 0.717) is 23.3 Å². The number of esters is 5. The second-order valence-corrected chi connectivity index (χ2v) is 32.2. The highest BCUT2D eigenvalue weighted by molar-refractivity contribution is 5.96. The molecule has 114 heavy (non-hydrogen) atoms. The maximum atomic E-state index is 15.9. The van der Waals surface area contributed by atoms with Crippen molar-refractivity contribution in [3.05, 3.63) is 202 Å². The normalized spacial score (nSPS) is 33.0. The van der Waals surface area contributed by atoms with Crippen LogP contribution in [0.15, 0.2) is 174 Å². The zero-order valence-electron chi connectivity index (χ0n) is 65.8. The Labute approximate surface area is 661 Å². The van der Waals surface area contributed by atoms with E-state index in [1.807, 2.05) is 30.3 Å². The molecule has 4 saturated carbocycles. The van der Waals surface area contributed by atoms with Crippen molar-refractivity contribution in [1.29, 1.82) is 0 Å². The smallest absolute Gasteiger partial charge is 0.461 e. The van der Waals surface area contributed by atoms with Crippen LogP contribution in [0, 0.1) is 33.5 Å². The summed E-state index contributed by atoms with van der Waals surface area (Å²) in [4.78, 5) is 121. The summed E-state index contributed by atoms with van der Waals surface area (Å²) in [7, 11) is 0. The maximum absolute atomic E-state index is 15.9. The first-order valence-electron chi connectivity index (χ1n) is 38.3. The summed E-state index contributed by atoms with van der Waals surface area (Å²) in [5, 5.41) is 71.9. The highest BCUT2D eigenvalue weighted by Crippen LogP contribution is 2.67. The average molecular weight is 1580 g/mol. The Morgan fingerprint density at radius 2 is 0.833 bits per heavy atom. The van der Waals surface area contributed by atoms with E-state index in [1.54, 1.807) is 139 Å². The zero-order chi connectivity index (χ0) is 82.7. The average Bonchev–Trinajstić information content (AvgIpc) is 0.690. The number of rotatable bonds is 14. The standard InChI is InChI=1S/C45H48O14.C29H36O10.C9H10O2.C4H8O/c1-26-31(47)22-45(52)38(58-39(49)30-19-13-8-14-20-30)36-43(5,37(48)35(34(26)42(45,3)4)57-41(51)54-24-29-17-11-7-12-18-29)32(21-33-44(36,25-55-33)59-27(2)46)56-40(50)53-23-28-15-9-6-10-16-28;1-14-17(31)12-29(36)24(38-25(35)16-9-7-6-8-10-16)22-27(5,23(34)21(33)20(14)26(29,3)4)18(32)11-19-28(22,13-37-19)39-15(2)30;1-8(10)11-7-9-5-3-2-4-6-9;1-2-4-5-3-1/h6-20,31-33,35-36,38,47,52H,21-25H2,1-5H3;6-10,17-19,21-22,24,31-33,36H,11-13H2,1-5H3;2-6H,7H2,1H3;1-4H2/t31-,32-,33+,35+,36-,38-,43+,44-,45+;17-,18-,19+,21+,22-,24-,27+,28-,29+;;/m00../s1. The molecule has 7 fully saturated rings. The SMILES string of the molecule is C1CCOC1.CC(=O)OCc1ccccc1.CC(=O)O[C@@]12CO[C@@H]1C[C@H](O)[C@@]1(C)C(=O)[C@H](O)C3=C(C)[C@@H](O)C[C@@](O)([C@@H](OC(=O)c4ccccc4)[C@H]21)C3(C)C.CC(=O)O[C@@]12CO[C@@H]1C[C@H](OC(=O)OCc1ccccc1)[C@@]1(C)C(=O)[C@H](OC(=O)OCc3ccccc3)C3=C(C)[C@@H](O)C[C@@](O)([C@@H](OC(=O)c4ccccc4)[C@H]21)C3(C)C. The number of carbonyl (C=O) groups is 9. The van der Waals surface area contributed by atoms with Crippen LogP contribution in [0.25, 0.3) is 0 Å². The molecule has 18 atom stereocenters. The van der Waals surface area contributed by atoms with Crippen molar-refractivity contribution in [1.82, 2.24) is 0 Å². The van der Waals surface area contributed by atoms with Crippen LogP contribution in [0.2, 0.25) is 0 Å². The van der Waals surface area contributed by atoms with Crippen LogP contribution >= 0.6 is 0 Å². The molecule has 4 bridgehead atoms. The monoisotopic (exact) mass is 1580 g/mol. The van der Waals surface area contributed by atoms with Gasteiger partial charge in [-0.3, -0.25) is 24.0 Å². The predicted octanol–water partition coefficient (Wildman–Crippen LogP) is 9.43. The quantitative estimate of drug-likeness (QED) is 0.0342. The minimum atomic E-state index is -2.28. The maximum Gasteiger partial charge on any atom is 0.509 e. The van der Waals surface area contributed by atoms with E-state index in [4.69, 9.17) is 56.8 Å². The highest BCUT2D eigenvalue weighted by Gasteiger charge is 2.81. The van der Waals surface area contributed by atoms with Crippen LogP contribution in [0.4, 0.5) is 9.59 Å². The van der Waals surface area contributed by atoms with Gasteiger partial charge in [0.15, 0.2) is 28.9 Å². The highest BCUT2D eigenvalue weighted by atomic mass is 16.7. The summed E-state index contributed by atoms with van der Waals surface area (Å²) >= 11 is 0. The summed E-state index contributed by atoms with van der Waals surface area (Å²) in [6.07, 6.45) is -15.3. The number of ketones is 2. The van der Waals surface area contributed by atoms with Gasteiger partial charge in [0.25, 0.3) is 0 Å². The Morgan fingerprint density at radius 3 is 1.22 bits per heavy atom. The van der Waals surface area contributed by atoms with Crippen LogP contribution < -0.4 is 0 Å². The lowest BCUT2D eigenvalue weighted by molar-refractivity contribution is -0.346. The van der Waals surface area contributed by atoms with Crippen LogP contribution in [-0.4, -0.2) is 194 Å². The third-order valence-electron chi connectivity index (χ3n) is 24.8. The van der Waals surface area contributed by atoms with Crippen molar-refractivity contribution >= 4 is 53.7 Å². The fourth-order valence-electron chi connectivity index (χ4n) is 18.5. The molecule has 0 spiro atoms. The predicted molar refractivity (Wildman–Crippen MR) is 403 cm³/mol. The largest absolute Gasteiger partial charge is 0.509 e. The van der Waals surface area contributed by atoms with Crippen molar-refractivity contribution in [3.8, 4) is 0 Å². The Bertz CT molecular complexity index is 4400. The van der Waals surface area contributed by atoms with Crippen molar-refractivity contribution in [2.75, 3.05) is 26.4 Å². The van der Waals surface area contributed by atoms with E-state index in [1.165, 1.54) is 71.7 Å². The van der Waals surface area contributed by atoms with Crippen molar-refractivity contribution in [2.24, 2.45) is 33.5 Å². The van der Waals surface area contributed by atoms with Crippen LogP contribution in [0.5, 0.6) is 0 Å². The van der Waals surface area contributed by atoms with Gasteiger partial charge in [-0.1, -0.05) is 155 Å². The Kier molecular flexibility index (Phi) is 25.5. The third-order valence-corrected chi connectivity index (χ3v) is 24.8. The molecule has 0 radical (unpaired) electrons. The molecule has 5 aromatic carbocycles. The summed E-state index contributed by atoms with van der Waals surface area (Å²) in [6, 6.07) is 43.3. The number of hydrogen-bond donors (Lipinski definition) is 6. The molecular weight excluding hydrogens is 1480 g/mol. The molecule has 612 valence electrons. The molecule has 9 aliphatic rings. The molecule has 3 aliphatic heterocycles. The van der Waals surface area contributed by atoms with E-state index in [0.717, 1.165) is 18.8 Å².